The highest BCUT2D eigenvalue weighted by molar-refractivity contribution is 5.78. The van der Waals surface area contributed by atoms with Crippen LogP contribution in [0.1, 0.15) is 25.3 Å². The third-order valence-corrected chi connectivity index (χ3v) is 3.19. The second-order valence-corrected chi connectivity index (χ2v) is 4.25. The van der Waals surface area contributed by atoms with Crippen LogP contribution in [0.3, 0.4) is 0 Å². The van der Waals surface area contributed by atoms with Gasteiger partial charge < -0.3 is 4.90 Å². The zero-order chi connectivity index (χ0) is 12.3. The molecule has 5 heteroatoms. The van der Waals surface area contributed by atoms with Crippen molar-refractivity contribution in [1.29, 1.82) is 5.26 Å². The van der Waals surface area contributed by atoms with Gasteiger partial charge in [0.2, 0.25) is 0 Å². The molecule has 0 aromatic carbocycles. The van der Waals surface area contributed by atoms with Gasteiger partial charge in [-0.25, -0.2) is 0 Å². The molecule has 0 atom stereocenters. The van der Waals surface area contributed by atoms with Gasteiger partial charge in [0.25, 0.3) is 0 Å². The minimum absolute atomic E-state index is 0.161. The number of piperidine rings is 1. The van der Waals surface area contributed by atoms with E-state index in [9.17, 15) is 4.79 Å². The van der Waals surface area contributed by atoms with Crippen molar-refractivity contribution in [2.75, 3.05) is 18.0 Å². The molecule has 1 fully saturated rings. The number of aromatic nitrogens is 2. The fraction of sp³-hybridized carbons (Fsp3) is 0.500. The van der Waals surface area contributed by atoms with Crippen LogP contribution in [-0.4, -0.2) is 29.1 Å². The Hall–Kier alpha value is -1.96. The summed E-state index contributed by atoms with van der Waals surface area (Å²) in [6, 6.07) is 3.78. The molecular formula is C12H14N4O. The average Bonchev–Trinajstić information content (AvgIpc) is 2.39. The Bertz CT molecular complexity index is 458. The highest BCUT2D eigenvalue weighted by Crippen LogP contribution is 2.23. The van der Waals surface area contributed by atoms with Crippen molar-refractivity contribution >= 4 is 11.6 Å². The van der Waals surface area contributed by atoms with E-state index in [4.69, 9.17) is 5.26 Å². The lowest BCUT2D eigenvalue weighted by Gasteiger charge is -2.31. The topological polar surface area (TPSA) is 69.9 Å². The molecule has 0 saturated carbocycles. The van der Waals surface area contributed by atoms with E-state index in [1.165, 1.54) is 6.20 Å². The fourth-order valence-electron chi connectivity index (χ4n) is 2.14. The van der Waals surface area contributed by atoms with E-state index < -0.39 is 0 Å². The normalized spacial score (nSPS) is 16.6. The van der Waals surface area contributed by atoms with E-state index in [1.54, 1.807) is 13.0 Å². The molecule has 0 radical (unpaired) electrons. The number of carbonyl (C=O) groups excluding carboxylic acids is 1. The van der Waals surface area contributed by atoms with E-state index in [2.05, 4.69) is 16.3 Å². The molecule has 0 N–H and O–H groups in total. The summed E-state index contributed by atoms with van der Waals surface area (Å²) in [6.07, 6.45) is 3.18. The van der Waals surface area contributed by atoms with Gasteiger partial charge in [-0.2, -0.15) is 10.4 Å². The van der Waals surface area contributed by atoms with Gasteiger partial charge in [0.15, 0.2) is 5.82 Å². The van der Waals surface area contributed by atoms with Crippen LogP contribution in [0.2, 0.25) is 0 Å². The molecule has 0 bridgehead atoms. The summed E-state index contributed by atoms with van der Waals surface area (Å²) in [7, 11) is 0. The van der Waals surface area contributed by atoms with Crippen LogP contribution in [-0.2, 0) is 4.79 Å². The van der Waals surface area contributed by atoms with Gasteiger partial charge >= 0.3 is 0 Å². The molecule has 2 rings (SSSR count). The van der Waals surface area contributed by atoms with Crippen LogP contribution in [0.25, 0.3) is 0 Å². The van der Waals surface area contributed by atoms with Gasteiger partial charge in [0, 0.05) is 19.0 Å². The predicted octanol–water partition coefficient (Wildman–Crippen LogP) is 1.15. The maximum absolute atomic E-state index is 11.3. The molecule has 0 aliphatic carbocycles. The summed E-state index contributed by atoms with van der Waals surface area (Å²) in [5, 5.41) is 16.8. The Kier molecular flexibility index (Phi) is 3.33. The van der Waals surface area contributed by atoms with Gasteiger partial charge in [0.1, 0.15) is 11.9 Å². The van der Waals surface area contributed by atoms with Crippen LogP contribution >= 0.6 is 0 Å². The lowest BCUT2D eigenvalue weighted by molar-refractivity contribution is -0.121. The van der Waals surface area contributed by atoms with Crippen molar-refractivity contribution in [3.63, 3.8) is 0 Å². The Morgan fingerprint density at radius 2 is 2.24 bits per heavy atom. The fourth-order valence-corrected chi connectivity index (χ4v) is 2.14. The Morgan fingerprint density at radius 3 is 2.82 bits per heavy atom. The molecule has 0 amide bonds. The summed E-state index contributed by atoms with van der Waals surface area (Å²) in [5.74, 6) is 1.05. The van der Waals surface area contributed by atoms with Gasteiger partial charge in [-0.3, -0.25) is 4.79 Å². The molecule has 1 aliphatic heterocycles. The summed E-state index contributed by atoms with van der Waals surface area (Å²) >= 11 is 0. The third kappa shape index (κ3) is 2.41. The lowest BCUT2D eigenvalue weighted by Crippen LogP contribution is -2.36. The molecular weight excluding hydrogens is 216 g/mol. The number of nitriles is 1. The lowest BCUT2D eigenvalue weighted by atomic mass is 9.93. The summed E-state index contributed by atoms with van der Waals surface area (Å²) in [5.41, 5.74) is 0.543. The van der Waals surface area contributed by atoms with E-state index in [0.29, 0.717) is 11.4 Å². The number of hydrogen-bond acceptors (Lipinski definition) is 5. The third-order valence-electron chi connectivity index (χ3n) is 3.19. The second-order valence-electron chi connectivity index (χ2n) is 4.25. The number of carbonyl (C=O) groups is 1. The molecule has 5 nitrogen and oxygen atoms in total. The van der Waals surface area contributed by atoms with Gasteiger partial charge in [-0.15, -0.1) is 5.10 Å². The molecule has 1 aromatic heterocycles. The predicted molar refractivity (Wildman–Crippen MR) is 62.4 cm³/mol. The summed E-state index contributed by atoms with van der Waals surface area (Å²) in [4.78, 5) is 13.3. The first-order chi connectivity index (χ1) is 8.22. The van der Waals surface area contributed by atoms with Gasteiger partial charge in [-0.1, -0.05) is 0 Å². The van der Waals surface area contributed by atoms with Crippen molar-refractivity contribution in [2.45, 2.75) is 19.8 Å². The molecule has 17 heavy (non-hydrogen) atoms. The highest BCUT2D eigenvalue weighted by Gasteiger charge is 2.24. The molecule has 1 aromatic rings. The summed E-state index contributed by atoms with van der Waals surface area (Å²) < 4.78 is 0. The number of ketones is 1. The van der Waals surface area contributed by atoms with E-state index in [0.717, 1.165) is 25.9 Å². The molecule has 0 unspecified atom stereocenters. The Labute approximate surface area is 100 Å². The first kappa shape index (κ1) is 11.5. The largest absolute Gasteiger partial charge is 0.354 e. The molecule has 1 aliphatic rings. The zero-order valence-electron chi connectivity index (χ0n) is 9.76. The first-order valence-electron chi connectivity index (χ1n) is 5.69. The van der Waals surface area contributed by atoms with Crippen LogP contribution in [0.4, 0.5) is 5.82 Å². The quantitative estimate of drug-likeness (QED) is 0.762. The molecule has 1 saturated heterocycles. The van der Waals surface area contributed by atoms with Crippen LogP contribution < -0.4 is 4.90 Å². The number of hydrogen-bond donors (Lipinski definition) is 0. The Morgan fingerprint density at radius 1 is 1.53 bits per heavy atom. The smallest absolute Gasteiger partial charge is 0.169 e. The molecule has 88 valence electrons. The van der Waals surface area contributed by atoms with Crippen molar-refractivity contribution in [3.05, 3.63) is 17.8 Å². The van der Waals surface area contributed by atoms with Gasteiger partial charge in [0.05, 0.1) is 11.8 Å². The number of anilines is 1. The zero-order valence-corrected chi connectivity index (χ0v) is 9.76. The standard InChI is InChI=1S/C12H14N4O/c1-9(17)10-3-6-16(7-4-10)12-11(8-13)2-5-14-15-12/h2,5,10H,3-4,6-7H2,1H3. The highest BCUT2D eigenvalue weighted by atomic mass is 16.1. The van der Waals surface area contributed by atoms with Gasteiger partial charge in [-0.05, 0) is 25.8 Å². The number of rotatable bonds is 2. The Balaban J connectivity index is 2.11. The van der Waals surface area contributed by atoms with E-state index in [-0.39, 0.29) is 11.7 Å². The van der Waals surface area contributed by atoms with Crippen LogP contribution in [0.5, 0.6) is 0 Å². The van der Waals surface area contributed by atoms with E-state index in [1.807, 2.05) is 4.90 Å². The van der Waals surface area contributed by atoms with E-state index >= 15 is 0 Å². The van der Waals surface area contributed by atoms with Crippen molar-refractivity contribution in [1.82, 2.24) is 10.2 Å². The maximum atomic E-state index is 11.3. The van der Waals surface area contributed by atoms with Crippen LogP contribution in [0.15, 0.2) is 12.3 Å². The van der Waals surface area contributed by atoms with Crippen molar-refractivity contribution in [3.8, 4) is 6.07 Å². The average molecular weight is 230 g/mol. The maximum Gasteiger partial charge on any atom is 0.169 e. The van der Waals surface area contributed by atoms with Crippen LogP contribution in [0, 0.1) is 17.2 Å². The first-order valence-corrected chi connectivity index (χ1v) is 5.69. The monoisotopic (exact) mass is 230 g/mol. The summed E-state index contributed by atoms with van der Waals surface area (Å²) in [6.45, 7) is 3.17. The molecule has 2 heterocycles. The van der Waals surface area contributed by atoms with Crippen molar-refractivity contribution < 1.29 is 4.79 Å². The SMILES string of the molecule is CC(=O)C1CCN(c2nnccc2C#N)CC1. The molecule has 0 spiro atoms. The minimum atomic E-state index is 0.161. The minimum Gasteiger partial charge on any atom is -0.354 e. The van der Waals surface area contributed by atoms with Crippen molar-refractivity contribution in [2.24, 2.45) is 5.92 Å². The second kappa shape index (κ2) is 4.91. The number of Topliss-reactive ketones (excluding diaryl/α,β-unsaturated/α-hetero) is 1. The number of nitrogens with zero attached hydrogens (tertiary/aromatic N) is 4.